The van der Waals surface area contributed by atoms with Crippen molar-refractivity contribution in [3.63, 3.8) is 0 Å². The summed E-state index contributed by atoms with van der Waals surface area (Å²) >= 11 is 1.10. The van der Waals surface area contributed by atoms with Crippen LogP contribution in [0.15, 0.2) is 36.8 Å². The summed E-state index contributed by atoms with van der Waals surface area (Å²) in [5.41, 5.74) is 2.82. The molecule has 0 aromatic carbocycles. The number of rotatable bonds is 4. The zero-order valence-electron chi connectivity index (χ0n) is 11.4. The van der Waals surface area contributed by atoms with E-state index in [0.29, 0.717) is 29.8 Å². The van der Waals surface area contributed by atoms with Crippen molar-refractivity contribution in [2.75, 3.05) is 6.54 Å². The number of aromatic nitrogens is 4. The average molecular weight is 299 g/mol. The molecule has 3 aromatic heterocycles. The summed E-state index contributed by atoms with van der Waals surface area (Å²) in [4.78, 5) is 22.5. The molecular formula is C14H13N5OS. The highest BCUT2D eigenvalue weighted by molar-refractivity contribution is 7.00. The Morgan fingerprint density at radius 2 is 2.10 bits per heavy atom. The molecule has 0 spiro atoms. The Labute approximate surface area is 125 Å². The fourth-order valence-corrected chi connectivity index (χ4v) is 2.50. The van der Waals surface area contributed by atoms with Crippen LogP contribution in [-0.2, 0) is 6.54 Å². The highest BCUT2D eigenvalue weighted by Gasteiger charge is 2.16. The minimum Gasteiger partial charge on any atom is -0.335 e. The van der Waals surface area contributed by atoms with Gasteiger partial charge in [0.05, 0.1) is 17.3 Å². The summed E-state index contributed by atoms with van der Waals surface area (Å²) in [5, 5.41) is 0. The smallest absolute Gasteiger partial charge is 0.255 e. The fraction of sp³-hybridized carbons (Fsp3) is 0.214. The van der Waals surface area contributed by atoms with Crippen LogP contribution in [0.3, 0.4) is 0 Å². The summed E-state index contributed by atoms with van der Waals surface area (Å²) in [7, 11) is 0. The van der Waals surface area contributed by atoms with Gasteiger partial charge in [0.25, 0.3) is 5.91 Å². The van der Waals surface area contributed by atoms with E-state index in [-0.39, 0.29) is 5.91 Å². The van der Waals surface area contributed by atoms with Gasteiger partial charge in [-0.05, 0) is 30.7 Å². The standard InChI is InChI=1S/C14H13N5OS/c1-2-19(9-10-3-5-15-6-4-10)14(20)11-7-12-13(16-8-11)18-21-17-12/h3-8H,2,9H2,1H3. The van der Waals surface area contributed by atoms with Gasteiger partial charge >= 0.3 is 0 Å². The third-order valence-corrected chi connectivity index (χ3v) is 3.69. The maximum absolute atomic E-state index is 12.6. The Bertz CT molecular complexity index is 758. The van der Waals surface area contributed by atoms with Gasteiger partial charge in [0.2, 0.25) is 0 Å². The summed E-state index contributed by atoms with van der Waals surface area (Å²) in [6, 6.07) is 5.55. The first-order valence-corrected chi connectivity index (χ1v) is 7.27. The molecule has 1 amide bonds. The molecule has 0 saturated carbocycles. The molecule has 7 heteroatoms. The summed E-state index contributed by atoms with van der Waals surface area (Å²) in [5.74, 6) is -0.0586. The third-order valence-electron chi connectivity index (χ3n) is 3.15. The van der Waals surface area contributed by atoms with Crippen LogP contribution in [0, 0.1) is 0 Å². The summed E-state index contributed by atoms with van der Waals surface area (Å²) < 4.78 is 8.16. The van der Waals surface area contributed by atoms with Crippen molar-refractivity contribution in [2.45, 2.75) is 13.5 Å². The minimum atomic E-state index is -0.0586. The first kappa shape index (κ1) is 13.6. The van der Waals surface area contributed by atoms with Crippen molar-refractivity contribution in [1.29, 1.82) is 0 Å². The van der Waals surface area contributed by atoms with Crippen molar-refractivity contribution in [1.82, 2.24) is 23.6 Å². The molecule has 21 heavy (non-hydrogen) atoms. The van der Waals surface area contributed by atoms with E-state index in [1.165, 1.54) is 0 Å². The first-order chi connectivity index (χ1) is 10.3. The average Bonchev–Trinajstić information content (AvgIpc) is 3.00. The summed E-state index contributed by atoms with van der Waals surface area (Å²) in [6.07, 6.45) is 5.01. The van der Waals surface area contributed by atoms with E-state index in [1.54, 1.807) is 29.6 Å². The molecule has 6 nitrogen and oxygen atoms in total. The first-order valence-electron chi connectivity index (χ1n) is 6.54. The number of pyridine rings is 2. The molecule has 3 aromatic rings. The second-order valence-electron chi connectivity index (χ2n) is 4.51. The fourth-order valence-electron chi connectivity index (χ4n) is 2.02. The Kier molecular flexibility index (Phi) is 3.83. The normalized spacial score (nSPS) is 10.7. The molecule has 0 unspecified atom stereocenters. The van der Waals surface area contributed by atoms with Gasteiger partial charge in [0.1, 0.15) is 5.52 Å². The number of carbonyl (C=O) groups is 1. The van der Waals surface area contributed by atoms with Crippen LogP contribution in [0.1, 0.15) is 22.8 Å². The van der Waals surface area contributed by atoms with Crippen molar-refractivity contribution in [3.05, 3.63) is 47.9 Å². The van der Waals surface area contributed by atoms with E-state index >= 15 is 0 Å². The number of amides is 1. The molecule has 0 bridgehead atoms. The topological polar surface area (TPSA) is 71.9 Å². The predicted molar refractivity (Wildman–Crippen MR) is 79.9 cm³/mol. The van der Waals surface area contributed by atoms with Crippen LogP contribution in [0.4, 0.5) is 0 Å². The lowest BCUT2D eigenvalue weighted by Gasteiger charge is -2.20. The predicted octanol–water partition coefficient (Wildman–Crippen LogP) is 2.14. The van der Waals surface area contributed by atoms with Crippen molar-refractivity contribution >= 4 is 28.8 Å². The monoisotopic (exact) mass is 299 g/mol. The maximum atomic E-state index is 12.6. The lowest BCUT2D eigenvalue weighted by atomic mass is 10.2. The zero-order valence-corrected chi connectivity index (χ0v) is 12.2. The molecule has 0 atom stereocenters. The lowest BCUT2D eigenvalue weighted by molar-refractivity contribution is 0.0752. The SMILES string of the molecule is CCN(Cc1ccncc1)C(=O)c1cnc2nsnc2c1. The Hall–Kier alpha value is -2.41. The molecule has 0 radical (unpaired) electrons. The molecule has 3 rings (SSSR count). The van der Waals surface area contributed by atoms with Crippen molar-refractivity contribution < 1.29 is 4.79 Å². The van der Waals surface area contributed by atoms with Gasteiger partial charge in [-0.3, -0.25) is 9.78 Å². The van der Waals surface area contributed by atoms with Crippen LogP contribution in [-0.4, -0.2) is 36.1 Å². The van der Waals surface area contributed by atoms with E-state index in [1.807, 2.05) is 19.1 Å². The number of hydrogen-bond acceptors (Lipinski definition) is 6. The van der Waals surface area contributed by atoms with Crippen molar-refractivity contribution in [2.24, 2.45) is 0 Å². The van der Waals surface area contributed by atoms with Crippen LogP contribution in [0.2, 0.25) is 0 Å². The lowest BCUT2D eigenvalue weighted by Crippen LogP contribution is -2.30. The van der Waals surface area contributed by atoms with E-state index in [9.17, 15) is 4.79 Å². The van der Waals surface area contributed by atoms with Crippen LogP contribution < -0.4 is 0 Å². The quantitative estimate of drug-likeness (QED) is 0.738. The number of nitrogens with zero attached hydrogens (tertiary/aromatic N) is 5. The molecular weight excluding hydrogens is 286 g/mol. The Morgan fingerprint density at radius 1 is 1.29 bits per heavy atom. The van der Waals surface area contributed by atoms with Gasteiger partial charge in [0, 0.05) is 31.7 Å². The van der Waals surface area contributed by atoms with E-state index in [4.69, 9.17) is 0 Å². The molecule has 0 aliphatic carbocycles. The van der Waals surface area contributed by atoms with Crippen LogP contribution in [0.25, 0.3) is 11.2 Å². The molecule has 0 N–H and O–H groups in total. The van der Waals surface area contributed by atoms with Gasteiger partial charge in [-0.2, -0.15) is 8.75 Å². The van der Waals surface area contributed by atoms with Gasteiger partial charge in [-0.1, -0.05) is 0 Å². The molecule has 0 aliphatic heterocycles. The number of carbonyl (C=O) groups excluding carboxylic acids is 1. The number of fused-ring (bicyclic) bond motifs is 1. The van der Waals surface area contributed by atoms with E-state index in [2.05, 4.69) is 18.7 Å². The van der Waals surface area contributed by atoms with Crippen LogP contribution in [0.5, 0.6) is 0 Å². The summed E-state index contributed by atoms with van der Waals surface area (Å²) in [6.45, 7) is 3.12. The van der Waals surface area contributed by atoms with Gasteiger partial charge in [-0.15, -0.1) is 0 Å². The molecule has 0 saturated heterocycles. The number of hydrogen-bond donors (Lipinski definition) is 0. The van der Waals surface area contributed by atoms with E-state index in [0.717, 1.165) is 17.3 Å². The largest absolute Gasteiger partial charge is 0.335 e. The molecule has 3 heterocycles. The molecule has 0 aliphatic rings. The second-order valence-corrected chi connectivity index (χ2v) is 5.03. The minimum absolute atomic E-state index is 0.0586. The van der Waals surface area contributed by atoms with Gasteiger partial charge in [-0.25, -0.2) is 4.98 Å². The van der Waals surface area contributed by atoms with Crippen molar-refractivity contribution in [3.8, 4) is 0 Å². The third kappa shape index (κ3) is 2.87. The van der Waals surface area contributed by atoms with E-state index < -0.39 is 0 Å². The Morgan fingerprint density at radius 3 is 2.86 bits per heavy atom. The maximum Gasteiger partial charge on any atom is 0.255 e. The van der Waals surface area contributed by atoms with Gasteiger partial charge < -0.3 is 4.90 Å². The molecule has 106 valence electrons. The Balaban J connectivity index is 1.84. The zero-order chi connectivity index (χ0) is 14.7. The second kappa shape index (κ2) is 5.92. The highest BCUT2D eigenvalue weighted by Crippen LogP contribution is 2.14. The highest BCUT2D eigenvalue weighted by atomic mass is 32.1. The molecule has 0 fully saturated rings. The van der Waals surface area contributed by atoms with Crippen LogP contribution >= 0.6 is 11.7 Å². The van der Waals surface area contributed by atoms with Gasteiger partial charge in [0.15, 0.2) is 5.65 Å².